The third kappa shape index (κ3) is 3.89. The fourth-order valence-electron chi connectivity index (χ4n) is 3.17. The van der Waals surface area contributed by atoms with E-state index in [1.807, 2.05) is 24.7 Å². The molecule has 0 radical (unpaired) electrons. The maximum absolute atomic E-state index is 6.43. The van der Waals surface area contributed by atoms with Crippen molar-refractivity contribution in [2.45, 2.75) is 50.8 Å². The number of alkyl halides is 1. The van der Waals surface area contributed by atoms with Gasteiger partial charge in [0, 0.05) is 18.5 Å². The number of likely N-dealkylation sites (tertiary alicyclic amines) is 1. The van der Waals surface area contributed by atoms with Gasteiger partial charge in [0.1, 0.15) is 5.75 Å². The van der Waals surface area contributed by atoms with E-state index in [1.54, 1.807) is 0 Å². The Morgan fingerprint density at radius 1 is 1.19 bits per heavy atom. The lowest BCUT2D eigenvalue weighted by molar-refractivity contribution is 0.351. The van der Waals surface area contributed by atoms with E-state index in [-0.39, 0.29) is 4.87 Å². The van der Waals surface area contributed by atoms with E-state index >= 15 is 0 Å². The Balaban J connectivity index is 1.48. The molecule has 1 saturated carbocycles. The van der Waals surface area contributed by atoms with Crippen molar-refractivity contribution in [2.24, 2.45) is 4.99 Å². The molecule has 2 aromatic rings. The zero-order valence-corrected chi connectivity index (χ0v) is 16.9. The highest BCUT2D eigenvalue weighted by atomic mass is 35.5. The Hall–Kier alpha value is -1.59. The first-order valence-electron chi connectivity index (χ1n) is 9.26. The van der Waals surface area contributed by atoms with E-state index in [1.165, 1.54) is 30.6 Å². The number of benzene rings is 1. The van der Waals surface area contributed by atoms with Crippen LogP contribution >= 0.6 is 22.9 Å². The molecular formula is C20H24ClN3OS. The lowest BCUT2D eigenvalue weighted by Gasteiger charge is -2.23. The Labute approximate surface area is 163 Å². The van der Waals surface area contributed by atoms with Gasteiger partial charge in [0.15, 0.2) is 0 Å². The minimum Gasteiger partial charge on any atom is -0.431 e. The van der Waals surface area contributed by atoms with Crippen LogP contribution in [0.1, 0.15) is 48.9 Å². The maximum Gasteiger partial charge on any atom is 0.278 e. The van der Waals surface area contributed by atoms with Gasteiger partial charge in [-0.2, -0.15) is 0 Å². The van der Waals surface area contributed by atoms with E-state index in [2.05, 4.69) is 22.9 Å². The molecule has 0 unspecified atom stereocenters. The smallest absolute Gasteiger partial charge is 0.278 e. The fraction of sp³-hybridized carbons (Fsp3) is 0.500. The maximum atomic E-state index is 6.43. The molecule has 1 aliphatic heterocycles. The topological polar surface area (TPSA) is 37.7 Å². The molecule has 2 fully saturated rings. The first kappa shape index (κ1) is 17.8. The lowest BCUT2D eigenvalue weighted by atomic mass is 10.1. The molecule has 6 heteroatoms. The van der Waals surface area contributed by atoms with E-state index < -0.39 is 0 Å². The molecule has 26 heavy (non-hydrogen) atoms. The van der Waals surface area contributed by atoms with Gasteiger partial charge in [-0.3, -0.25) is 0 Å². The Morgan fingerprint density at radius 2 is 1.96 bits per heavy atom. The van der Waals surface area contributed by atoms with Crippen molar-refractivity contribution in [3.05, 3.63) is 34.3 Å². The van der Waals surface area contributed by atoms with Gasteiger partial charge in [0.25, 0.3) is 5.19 Å². The summed E-state index contributed by atoms with van der Waals surface area (Å²) < 4.78 is 6.03. The van der Waals surface area contributed by atoms with Crippen LogP contribution in [-0.4, -0.2) is 29.3 Å². The molecule has 0 atom stereocenters. The first-order valence-corrected chi connectivity index (χ1v) is 10.5. The highest BCUT2D eigenvalue weighted by Crippen LogP contribution is 2.52. The van der Waals surface area contributed by atoms with Crippen molar-refractivity contribution in [3.63, 3.8) is 0 Å². The zero-order chi connectivity index (χ0) is 18.1. The summed E-state index contributed by atoms with van der Waals surface area (Å²) in [5.41, 5.74) is 4.10. The van der Waals surface area contributed by atoms with Gasteiger partial charge in [0.2, 0.25) is 0 Å². The fourth-order valence-corrected chi connectivity index (χ4v) is 4.21. The molecule has 0 amide bonds. The van der Waals surface area contributed by atoms with Crippen molar-refractivity contribution in [1.29, 1.82) is 0 Å². The summed E-state index contributed by atoms with van der Waals surface area (Å²) >= 11 is 7.94. The van der Waals surface area contributed by atoms with E-state index in [0.29, 0.717) is 5.19 Å². The molecule has 1 saturated heterocycles. The largest absolute Gasteiger partial charge is 0.431 e. The third-order valence-electron chi connectivity index (χ3n) is 5.07. The van der Waals surface area contributed by atoms with Gasteiger partial charge in [-0.05, 0) is 69.2 Å². The normalized spacial score (nSPS) is 19.1. The lowest BCUT2D eigenvalue weighted by Crippen LogP contribution is -2.28. The average Bonchev–Trinajstić information content (AvgIpc) is 3.21. The van der Waals surface area contributed by atoms with Crippen LogP contribution in [0.4, 0.5) is 5.69 Å². The number of aryl methyl sites for hydroxylation is 2. The van der Waals surface area contributed by atoms with Crippen molar-refractivity contribution in [1.82, 2.24) is 9.88 Å². The van der Waals surface area contributed by atoms with Gasteiger partial charge >= 0.3 is 0 Å². The molecule has 1 aliphatic carbocycles. The van der Waals surface area contributed by atoms with E-state index in [0.717, 1.165) is 54.2 Å². The standard InChI is InChI=1S/C20H24ClN3OS/c1-14-11-17(25-19-23-18(12-26-19)20(21)6-7-20)15(2)10-16(14)22-13-24-8-4-3-5-9-24/h10-13H,3-9H2,1-2H3/b22-13+. The molecular weight excluding hydrogens is 366 g/mol. The van der Waals surface area contributed by atoms with Gasteiger partial charge in [-0.15, -0.1) is 11.6 Å². The van der Waals surface area contributed by atoms with Crippen LogP contribution in [0.25, 0.3) is 0 Å². The second-order valence-corrected chi connectivity index (χ2v) is 8.86. The molecule has 2 aliphatic rings. The second-order valence-electron chi connectivity index (χ2n) is 7.31. The van der Waals surface area contributed by atoms with Crippen LogP contribution in [0.15, 0.2) is 22.5 Å². The molecule has 4 nitrogen and oxygen atoms in total. The van der Waals surface area contributed by atoms with Gasteiger partial charge in [-0.25, -0.2) is 9.98 Å². The summed E-state index contributed by atoms with van der Waals surface area (Å²) in [5, 5.41) is 2.66. The first-order chi connectivity index (χ1) is 12.5. The molecule has 0 spiro atoms. The number of piperidine rings is 1. The number of aromatic nitrogens is 1. The van der Waals surface area contributed by atoms with Crippen LogP contribution in [0.5, 0.6) is 10.9 Å². The highest BCUT2D eigenvalue weighted by molar-refractivity contribution is 7.11. The minimum absolute atomic E-state index is 0.240. The Morgan fingerprint density at radius 3 is 2.69 bits per heavy atom. The molecule has 2 heterocycles. The SMILES string of the molecule is Cc1cc(Oc2nc(C3(Cl)CC3)cs2)c(C)cc1/N=C/N1CCCCC1. The zero-order valence-electron chi connectivity index (χ0n) is 15.3. The van der Waals surface area contributed by atoms with Gasteiger partial charge in [-0.1, -0.05) is 11.3 Å². The quantitative estimate of drug-likeness (QED) is 0.361. The Bertz CT molecular complexity index is 822. The molecule has 4 rings (SSSR count). The van der Waals surface area contributed by atoms with Crippen molar-refractivity contribution >= 4 is 35.0 Å². The molecule has 0 N–H and O–H groups in total. The third-order valence-corrected chi connectivity index (χ3v) is 6.36. The van der Waals surface area contributed by atoms with E-state index in [4.69, 9.17) is 21.3 Å². The number of aliphatic imine (C=N–C) groups is 1. The number of hydrogen-bond donors (Lipinski definition) is 0. The molecule has 0 bridgehead atoms. The predicted molar refractivity (Wildman–Crippen MR) is 108 cm³/mol. The summed E-state index contributed by atoms with van der Waals surface area (Å²) in [6.45, 7) is 6.34. The summed E-state index contributed by atoms with van der Waals surface area (Å²) in [6.07, 6.45) is 7.84. The van der Waals surface area contributed by atoms with Crippen LogP contribution in [0.3, 0.4) is 0 Å². The van der Waals surface area contributed by atoms with Crippen LogP contribution in [0, 0.1) is 13.8 Å². The summed E-state index contributed by atoms with van der Waals surface area (Å²) in [5.74, 6) is 0.833. The average molecular weight is 390 g/mol. The van der Waals surface area contributed by atoms with Crippen LogP contribution in [0.2, 0.25) is 0 Å². The monoisotopic (exact) mass is 389 g/mol. The molecule has 1 aromatic carbocycles. The summed E-state index contributed by atoms with van der Waals surface area (Å²) in [6, 6.07) is 4.14. The summed E-state index contributed by atoms with van der Waals surface area (Å²) in [4.78, 5) is 11.3. The van der Waals surface area contributed by atoms with Gasteiger partial charge in [0.05, 0.1) is 22.6 Å². The van der Waals surface area contributed by atoms with Crippen LogP contribution < -0.4 is 4.74 Å². The number of nitrogens with zero attached hydrogens (tertiary/aromatic N) is 3. The van der Waals surface area contributed by atoms with Crippen molar-refractivity contribution < 1.29 is 4.74 Å². The highest BCUT2D eigenvalue weighted by Gasteiger charge is 2.44. The van der Waals surface area contributed by atoms with Crippen molar-refractivity contribution in [2.75, 3.05) is 13.1 Å². The second kappa shape index (κ2) is 7.20. The predicted octanol–water partition coefficient (Wildman–Crippen LogP) is 5.93. The van der Waals surface area contributed by atoms with E-state index in [9.17, 15) is 0 Å². The van der Waals surface area contributed by atoms with Crippen molar-refractivity contribution in [3.8, 4) is 10.9 Å². The number of thiazole rings is 1. The number of hydrogen-bond acceptors (Lipinski definition) is 4. The molecule has 138 valence electrons. The minimum atomic E-state index is -0.240. The molecule has 1 aromatic heterocycles. The summed E-state index contributed by atoms with van der Waals surface area (Å²) in [7, 11) is 0. The van der Waals surface area contributed by atoms with Gasteiger partial charge < -0.3 is 9.64 Å². The van der Waals surface area contributed by atoms with Crippen LogP contribution in [-0.2, 0) is 4.87 Å². The number of ether oxygens (including phenoxy) is 1. The Kier molecular flexibility index (Phi) is 4.93. The number of rotatable bonds is 5. The number of halogens is 1.